The third-order valence-electron chi connectivity index (χ3n) is 2.93. The first kappa shape index (κ1) is 14.4. The molecule has 0 aliphatic carbocycles. The number of ether oxygens (including phenoxy) is 2. The summed E-state index contributed by atoms with van der Waals surface area (Å²) >= 11 is 0. The van der Waals surface area contributed by atoms with Gasteiger partial charge in [0.1, 0.15) is 0 Å². The van der Waals surface area contributed by atoms with Gasteiger partial charge in [-0.15, -0.1) is 0 Å². The van der Waals surface area contributed by atoms with Crippen LogP contribution in [0.5, 0.6) is 0 Å². The Morgan fingerprint density at radius 3 is 2.76 bits per heavy atom. The fraction of sp³-hybridized carbons (Fsp3) is 0.917. The number of carbonyl (C=O) groups excluding carboxylic acids is 1. The average Bonchev–Trinajstić information content (AvgIpc) is 2.36. The van der Waals surface area contributed by atoms with Gasteiger partial charge in [-0.1, -0.05) is 6.92 Å². The van der Waals surface area contributed by atoms with E-state index in [1.807, 2.05) is 13.8 Å². The molecule has 0 aromatic rings. The van der Waals surface area contributed by atoms with E-state index in [9.17, 15) is 4.79 Å². The minimum Gasteiger partial charge on any atom is -0.376 e. The van der Waals surface area contributed by atoms with Crippen LogP contribution in [0.2, 0.25) is 0 Å². The zero-order valence-electron chi connectivity index (χ0n) is 11.0. The minimum absolute atomic E-state index is 0.0380. The zero-order valence-corrected chi connectivity index (χ0v) is 11.0. The molecule has 0 radical (unpaired) electrons. The molecule has 1 aliphatic heterocycles. The molecule has 100 valence electrons. The van der Waals surface area contributed by atoms with E-state index in [0.717, 1.165) is 6.42 Å². The molecule has 3 atom stereocenters. The van der Waals surface area contributed by atoms with Gasteiger partial charge in [0.05, 0.1) is 32.0 Å². The highest BCUT2D eigenvalue weighted by atomic mass is 16.6. The molecule has 1 fully saturated rings. The van der Waals surface area contributed by atoms with Gasteiger partial charge < -0.3 is 20.1 Å². The van der Waals surface area contributed by atoms with Gasteiger partial charge in [-0.2, -0.15) is 0 Å². The molecule has 5 heteroatoms. The van der Waals surface area contributed by atoms with Crippen molar-refractivity contribution in [1.29, 1.82) is 0 Å². The lowest BCUT2D eigenvalue weighted by atomic mass is 10.2. The molecule has 0 spiro atoms. The van der Waals surface area contributed by atoms with Crippen molar-refractivity contribution in [3.63, 3.8) is 0 Å². The van der Waals surface area contributed by atoms with Crippen LogP contribution in [0.15, 0.2) is 0 Å². The molecule has 17 heavy (non-hydrogen) atoms. The van der Waals surface area contributed by atoms with Crippen LogP contribution in [0.1, 0.15) is 27.2 Å². The highest BCUT2D eigenvalue weighted by Gasteiger charge is 2.18. The quantitative estimate of drug-likeness (QED) is 0.705. The lowest BCUT2D eigenvalue weighted by molar-refractivity contribution is -0.124. The molecular formula is C12H24N2O3. The molecular weight excluding hydrogens is 220 g/mol. The van der Waals surface area contributed by atoms with Crippen molar-refractivity contribution >= 4 is 5.91 Å². The van der Waals surface area contributed by atoms with Gasteiger partial charge >= 0.3 is 0 Å². The van der Waals surface area contributed by atoms with Crippen molar-refractivity contribution < 1.29 is 14.3 Å². The summed E-state index contributed by atoms with van der Waals surface area (Å²) in [7, 11) is 0. The van der Waals surface area contributed by atoms with E-state index in [-0.39, 0.29) is 24.1 Å². The molecule has 1 heterocycles. The van der Waals surface area contributed by atoms with Crippen LogP contribution in [0.25, 0.3) is 0 Å². The van der Waals surface area contributed by atoms with Gasteiger partial charge in [0.2, 0.25) is 5.91 Å². The summed E-state index contributed by atoms with van der Waals surface area (Å²) in [5.41, 5.74) is 0. The van der Waals surface area contributed by atoms with Crippen LogP contribution < -0.4 is 10.6 Å². The van der Waals surface area contributed by atoms with Gasteiger partial charge in [-0.05, 0) is 20.3 Å². The second kappa shape index (κ2) is 7.63. The molecule has 1 rings (SSSR count). The normalized spacial score (nSPS) is 24.1. The maximum atomic E-state index is 11.7. The molecule has 0 aromatic heterocycles. The number of rotatable bonds is 6. The molecule has 0 saturated carbocycles. The van der Waals surface area contributed by atoms with Gasteiger partial charge in [0.15, 0.2) is 0 Å². The van der Waals surface area contributed by atoms with Crippen LogP contribution in [0, 0.1) is 0 Å². The Labute approximate surface area is 103 Å². The minimum atomic E-state index is -0.200. The van der Waals surface area contributed by atoms with E-state index in [1.54, 1.807) is 0 Å². The Morgan fingerprint density at radius 2 is 2.18 bits per heavy atom. The van der Waals surface area contributed by atoms with Gasteiger partial charge in [-0.3, -0.25) is 4.79 Å². The number of amides is 1. The fourth-order valence-electron chi connectivity index (χ4n) is 1.53. The molecule has 1 amide bonds. The summed E-state index contributed by atoms with van der Waals surface area (Å²) in [6, 6.07) is 0.0236. The van der Waals surface area contributed by atoms with Crippen LogP contribution in [0.3, 0.4) is 0 Å². The van der Waals surface area contributed by atoms with Crippen molar-refractivity contribution in [3.8, 4) is 0 Å². The van der Waals surface area contributed by atoms with E-state index < -0.39 is 0 Å². The fourth-order valence-corrected chi connectivity index (χ4v) is 1.53. The third-order valence-corrected chi connectivity index (χ3v) is 2.93. The number of nitrogens with one attached hydrogen (secondary N) is 2. The Kier molecular flexibility index (Phi) is 6.47. The van der Waals surface area contributed by atoms with Crippen LogP contribution >= 0.6 is 0 Å². The smallest absolute Gasteiger partial charge is 0.237 e. The maximum absolute atomic E-state index is 11.7. The number of hydrogen-bond donors (Lipinski definition) is 2. The standard InChI is InChI=1S/C12H24N2O3/c1-4-9(2)14-12(15)10(3)13-7-11-8-16-5-6-17-11/h9-11,13H,4-8H2,1-3H3,(H,14,15). The van der Waals surface area contributed by atoms with E-state index in [0.29, 0.717) is 26.4 Å². The summed E-state index contributed by atoms with van der Waals surface area (Å²) in [6.07, 6.45) is 1.00. The molecule has 0 aromatic carbocycles. The monoisotopic (exact) mass is 244 g/mol. The average molecular weight is 244 g/mol. The van der Waals surface area contributed by atoms with Crippen molar-refractivity contribution in [2.24, 2.45) is 0 Å². The predicted molar refractivity (Wildman–Crippen MR) is 65.9 cm³/mol. The highest BCUT2D eigenvalue weighted by molar-refractivity contribution is 5.81. The van der Waals surface area contributed by atoms with Crippen LogP contribution in [-0.4, -0.2) is 50.5 Å². The van der Waals surface area contributed by atoms with Gasteiger partial charge in [-0.25, -0.2) is 0 Å². The molecule has 1 saturated heterocycles. The van der Waals surface area contributed by atoms with Crippen LogP contribution in [-0.2, 0) is 14.3 Å². The molecule has 5 nitrogen and oxygen atoms in total. The summed E-state index contributed by atoms with van der Waals surface area (Å²) in [5.74, 6) is 0.0380. The molecule has 3 unspecified atom stereocenters. The van der Waals surface area contributed by atoms with Crippen LogP contribution in [0.4, 0.5) is 0 Å². The lowest BCUT2D eigenvalue weighted by Crippen LogP contribution is -2.48. The Bertz CT molecular complexity index is 230. The topological polar surface area (TPSA) is 59.6 Å². The Morgan fingerprint density at radius 1 is 1.41 bits per heavy atom. The lowest BCUT2D eigenvalue weighted by Gasteiger charge is -2.25. The maximum Gasteiger partial charge on any atom is 0.237 e. The number of hydrogen-bond acceptors (Lipinski definition) is 4. The second-order valence-corrected chi connectivity index (χ2v) is 4.52. The number of carbonyl (C=O) groups is 1. The molecule has 1 aliphatic rings. The first-order valence-corrected chi connectivity index (χ1v) is 6.36. The van der Waals surface area contributed by atoms with E-state index in [4.69, 9.17) is 9.47 Å². The van der Waals surface area contributed by atoms with Crippen molar-refractivity contribution in [3.05, 3.63) is 0 Å². The molecule has 2 N–H and O–H groups in total. The van der Waals surface area contributed by atoms with Crippen molar-refractivity contribution in [1.82, 2.24) is 10.6 Å². The Balaban J connectivity index is 2.18. The summed E-state index contributed by atoms with van der Waals surface area (Å²) in [6.45, 7) is 8.47. The van der Waals surface area contributed by atoms with Crippen molar-refractivity contribution in [2.75, 3.05) is 26.4 Å². The van der Waals surface area contributed by atoms with E-state index >= 15 is 0 Å². The largest absolute Gasteiger partial charge is 0.376 e. The van der Waals surface area contributed by atoms with E-state index in [2.05, 4.69) is 17.6 Å². The van der Waals surface area contributed by atoms with Gasteiger partial charge in [0, 0.05) is 12.6 Å². The third kappa shape index (κ3) is 5.48. The SMILES string of the molecule is CCC(C)NC(=O)C(C)NCC1COCCO1. The molecule has 0 bridgehead atoms. The predicted octanol–water partition coefficient (Wildman–Crippen LogP) is 0.295. The highest BCUT2D eigenvalue weighted by Crippen LogP contribution is 1.99. The van der Waals surface area contributed by atoms with E-state index in [1.165, 1.54) is 0 Å². The zero-order chi connectivity index (χ0) is 12.7. The first-order valence-electron chi connectivity index (χ1n) is 6.36. The van der Waals surface area contributed by atoms with Crippen molar-refractivity contribution in [2.45, 2.75) is 45.4 Å². The second-order valence-electron chi connectivity index (χ2n) is 4.52. The summed E-state index contributed by atoms with van der Waals surface area (Å²) in [4.78, 5) is 11.7. The van der Waals surface area contributed by atoms with Gasteiger partial charge in [0.25, 0.3) is 0 Å². The first-order chi connectivity index (χ1) is 8.13. The Hall–Kier alpha value is -0.650. The summed E-state index contributed by atoms with van der Waals surface area (Å²) < 4.78 is 10.8. The summed E-state index contributed by atoms with van der Waals surface area (Å²) in [5, 5.41) is 6.11.